The zero-order valence-corrected chi connectivity index (χ0v) is 12.6. The van der Waals surface area contributed by atoms with Crippen molar-refractivity contribution < 1.29 is 9.13 Å². The Morgan fingerprint density at radius 1 is 0.783 bits per heavy atom. The Hall–Kier alpha value is -2.81. The number of nitrogens with one attached hydrogen (secondary N) is 1. The third kappa shape index (κ3) is 2.78. The summed E-state index contributed by atoms with van der Waals surface area (Å²) in [4.78, 5) is 0. The summed E-state index contributed by atoms with van der Waals surface area (Å²) < 4.78 is 19.9. The molecule has 3 heteroatoms. The van der Waals surface area contributed by atoms with Crippen molar-refractivity contribution in [1.82, 2.24) is 0 Å². The molecule has 23 heavy (non-hydrogen) atoms. The lowest BCUT2D eigenvalue weighted by Gasteiger charge is -2.10. The molecule has 3 aromatic rings. The van der Waals surface area contributed by atoms with Gasteiger partial charge < -0.3 is 10.1 Å². The second-order valence-electron chi connectivity index (χ2n) is 5.65. The van der Waals surface area contributed by atoms with Crippen LogP contribution in [0.5, 0.6) is 11.5 Å². The molecule has 114 valence electrons. The SMILES string of the molecule is Fc1cccc2c1NCc1ccc(Oc3ccccc3)cc1C2. The molecule has 0 spiro atoms. The Morgan fingerprint density at radius 2 is 1.65 bits per heavy atom. The van der Waals surface area contributed by atoms with E-state index in [1.165, 1.54) is 11.6 Å². The first-order chi connectivity index (χ1) is 11.3. The largest absolute Gasteiger partial charge is 0.457 e. The minimum atomic E-state index is -0.198. The second kappa shape index (κ2) is 5.76. The van der Waals surface area contributed by atoms with Gasteiger partial charge in [0.15, 0.2) is 0 Å². The molecule has 1 heterocycles. The van der Waals surface area contributed by atoms with E-state index in [4.69, 9.17) is 4.74 Å². The van der Waals surface area contributed by atoms with E-state index in [9.17, 15) is 4.39 Å². The second-order valence-corrected chi connectivity index (χ2v) is 5.65. The molecule has 0 saturated heterocycles. The molecule has 0 saturated carbocycles. The van der Waals surface area contributed by atoms with Crippen molar-refractivity contribution in [3.63, 3.8) is 0 Å². The van der Waals surface area contributed by atoms with Crippen LogP contribution in [0.2, 0.25) is 0 Å². The van der Waals surface area contributed by atoms with Gasteiger partial charge in [0, 0.05) is 13.0 Å². The normalized spacial score (nSPS) is 12.6. The lowest BCUT2D eigenvalue weighted by Crippen LogP contribution is -2.01. The van der Waals surface area contributed by atoms with Crippen LogP contribution in [0, 0.1) is 5.82 Å². The maximum Gasteiger partial charge on any atom is 0.146 e. The molecule has 0 radical (unpaired) electrons. The van der Waals surface area contributed by atoms with Gasteiger partial charge in [-0.3, -0.25) is 0 Å². The summed E-state index contributed by atoms with van der Waals surface area (Å²) in [7, 11) is 0. The zero-order valence-electron chi connectivity index (χ0n) is 12.6. The number of hydrogen-bond acceptors (Lipinski definition) is 2. The number of rotatable bonds is 2. The Labute approximate surface area is 134 Å². The number of fused-ring (bicyclic) bond motifs is 2. The van der Waals surface area contributed by atoms with Gasteiger partial charge in [-0.1, -0.05) is 36.4 Å². The van der Waals surface area contributed by atoms with E-state index in [1.54, 1.807) is 6.07 Å². The summed E-state index contributed by atoms with van der Waals surface area (Å²) >= 11 is 0. The topological polar surface area (TPSA) is 21.3 Å². The maximum atomic E-state index is 14.0. The average Bonchev–Trinajstić information content (AvgIpc) is 2.75. The van der Waals surface area contributed by atoms with Gasteiger partial charge in [-0.05, 0) is 47.0 Å². The summed E-state index contributed by atoms with van der Waals surface area (Å²) in [6, 6.07) is 21.0. The predicted octanol–water partition coefficient (Wildman–Crippen LogP) is 5.13. The molecular formula is C20H16FNO. The van der Waals surface area contributed by atoms with Gasteiger partial charge in [0.05, 0.1) is 5.69 Å². The van der Waals surface area contributed by atoms with Crippen molar-refractivity contribution in [3.05, 3.63) is 89.2 Å². The summed E-state index contributed by atoms with van der Waals surface area (Å²) in [5.74, 6) is 1.41. The van der Waals surface area contributed by atoms with E-state index in [2.05, 4.69) is 5.32 Å². The van der Waals surface area contributed by atoms with Crippen LogP contribution in [0.4, 0.5) is 10.1 Å². The van der Waals surface area contributed by atoms with Crippen molar-refractivity contribution >= 4 is 5.69 Å². The van der Waals surface area contributed by atoms with E-state index in [-0.39, 0.29) is 5.82 Å². The number of hydrogen-bond donors (Lipinski definition) is 1. The molecule has 0 aliphatic carbocycles. The first-order valence-corrected chi connectivity index (χ1v) is 7.65. The number of para-hydroxylation sites is 2. The highest BCUT2D eigenvalue weighted by atomic mass is 19.1. The number of benzene rings is 3. The van der Waals surface area contributed by atoms with Gasteiger partial charge in [0.1, 0.15) is 17.3 Å². The van der Waals surface area contributed by atoms with Gasteiger partial charge in [0.25, 0.3) is 0 Å². The van der Waals surface area contributed by atoms with Crippen molar-refractivity contribution in [1.29, 1.82) is 0 Å². The summed E-state index contributed by atoms with van der Waals surface area (Å²) in [5.41, 5.74) is 3.91. The highest BCUT2D eigenvalue weighted by Crippen LogP contribution is 2.31. The number of ether oxygens (including phenoxy) is 1. The summed E-state index contributed by atoms with van der Waals surface area (Å²) in [6.45, 7) is 0.620. The highest BCUT2D eigenvalue weighted by Gasteiger charge is 2.16. The van der Waals surface area contributed by atoms with Crippen LogP contribution in [0.15, 0.2) is 66.7 Å². The van der Waals surface area contributed by atoms with Gasteiger partial charge in [-0.15, -0.1) is 0 Å². The highest BCUT2D eigenvalue weighted by molar-refractivity contribution is 5.58. The van der Waals surface area contributed by atoms with E-state index in [1.807, 2.05) is 54.6 Å². The first-order valence-electron chi connectivity index (χ1n) is 7.65. The lowest BCUT2D eigenvalue weighted by atomic mass is 10.0. The number of halogens is 1. The molecular weight excluding hydrogens is 289 g/mol. The van der Waals surface area contributed by atoms with Crippen molar-refractivity contribution in [2.75, 3.05) is 5.32 Å². The van der Waals surface area contributed by atoms with E-state index in [0.717, 1.165) is 22.6 Å². The monoisotopic (exact) mass is 305 g/mol. The number of anilines is 1. The van der Waals surface area contributed by atoms with Crippen LogP contribution >= 0.6 is 0 Å². The van der Waals surface area contributed by atoms with Crippen molar-refractivity contribution in [3.8, 4) is 11.5 Å². The molecule has 1 aliphatic rings. The summed E-state index contributed by atoms with van der Waals surface area (Å²) in [5, 5.41) is 3.20. The molecule has 2 nitrogen and oxygen atoms in total. The molecule has 0 fully saturated rings. The first kappa shape index (κ1) is 13.8. The Morgan fingerprint density at radius 3 is 2.52 bits per heavy atom. The fourth-order valence-corrected chi connectivity index (χ4v) is 2.93. The average molecular weight is 305 g/mol. The smallest absolute Gasteiger partial charge is 0.146 e. The Bertz CT molecular complexity index is 846. The van der Waals surface area contributed by atoms with E-state index >= 15 is 0 Å². The fourth-order valence-electron chi connectivity index (χ4n) is 2.93. The van der Waals surface area contributed by atoms with E-state index in [0.29, 0.717) is 18.7 Å². The lowest BCUT2D eigenvalue weighted by molar-refractivity contribution is 0.482. The zero-order chi connectivity index (χ0) is 15.6. The maximum absolute atomic E-state index is 14.0. The molecule has 0 bridgehead atoms. The van der Waals surface area contributed by atoms with Crippen LogP contribution in [-0.2, 0) is 13.0 Å². The van der Waals surface area contributed by atoms with Crippen LogP contribution in [0.25, 0.3) is 0 Å². The van der Waals surface area contributed by atoms with Gasteiger partial charge in [-0.25, -0.2) is 4.39 Å². The third-order valence-corrected chi connectivity index (χ3v) is 4.09. The molecule has 4 rings (SSSR count). The van der Waals surface area contributed by atoms with Crippen LogP contribution < -0.4 is 10.1 Å². The van der Waals surface area contributed by atoms with Crippen molar-refractivity contribution in [2.45, 2.75) is 13.0 Å². The molecule has 3 aromatic carbocycles. The van der Waals surface area contributed by atoms with Gasteiger partial charge in [-0.2, -0.15) is 0 Å². The quantitative estimate of drug-likeness (QED) is 0.708. The molecule has 0 aromatic heterocycles. The Balaban J connectivity index is 1.67. The predicted molar refractivity (Wildman–Crippen MR) is 89.5 cm³/mol. The van der Waals surface area contributed by atoms with Gasteiger partial charge in [0.2, 0.25) is 0 Å². The van der Waals surface area contributed by atoms with Crippen molar-refractivity contribution in [2.24, 2.45) is 0 Å². The van der Waals surface area contributed by atoms with E-state index < -0.39 is 0 Å². The Kier molecular flexibility index (Phi) is 3.46. The molecule has 0 atom stereocenters. The van der Waals surface area contributed by atoms with Gasteiger partial charge >= 0.3 is 0 Å². The minimum absolute atomic E-state index is 0.198. The summed E-state index contributed by atoms with van der Waals surface area (Å²) in [6.07, 6.45) is 0.696. The molecule has 0 amide bonds. The standard InChI is InChI=1S/C20H16FNO/c21-19-8-4-5-14-11-16-12-18(23-17-6-2-1-3-7-17)10-9-15(16)13-22-20(14)19/h1-10,12,22H,11,13H2. The molecule has 0 unspecified atom stereocenters. The third-order valence-electron chi connectivity index (χ3n) is 4.09. The molecule has 1 aliphatic heterocycles. The molecule has 1 N–H and O–H groups in total. The van der Waals surface area contributed by atoms with Crippen LogP contribution in [0.3, 0.4) is 0 Å². The fraction of sp³-hybridized carbons (Fsp3) is 0.100. The van der Waals surface area contributed by atoms with Crippen LogP contribution in [0.1, 0.15) is 16.7 Å². The minimum Gasteiger partial charge on any atom is -0.457 e. The van der Waals surface area contributed by atoms with Crippen LogP contribution in [-0.4, -0.2) is 0 Å².